The smallest absolute Gasteiger partial charge is 0.328 e. The summed E-state index contributed by atoms with van der Waals surface area (Å²) < 4.78 is 13.3. The summed E-state index contributed by atoms with van der Waals surface area (Å²) in [5.74, 6) is -1.96. The number of halogens is 2. The van der Waals surface area contributed by atoms with E-state index in [0.29, 0.717) is 5.56 Å². The van der Waals surface area contributed by atoms with Crippen molar-refractivity contribution >= 4 is 34.5 Å². The first-order valence-corrected chi connectivity index (χ1v) is 5.90. The molecular weight excluding hydrogens is 340 g/mol. The van der Waals surface area contributed by atoms with E-state index in [0.717, 1.165) is 9.13 Å². The van der Waals surface area contributed by atoms with E-state index in [4.69, 9.17) is 5.11 Å². The minimum atomic E-state index is -1.50. The van der Waals surface area contributed by atoms with E-state index in [1.165, 1.54) is 0 Å². The number of rotatable bonds is 4. The van der Waals surface area contributed by atoms with Gasteiger partial charge in [0.15, 0.2) is 6.04 Å². The molecule has 92 valence electrons. The van der Waals surface area contributed by atoms with Crippen LogP contribution in [-0.2, 0) is 4.79 Å². The van der Waals surface area contributed by atoms with Crippen LogP contribution in [0.4, 0.5) is 4.39 Å². The molecule has 0 aromatic heterocycles. The summed E-state index contributed by atoms with van der Waals surface area (Å²) in [5.41, 5.74) is 1.10. The summed E-state index contributed by atoms with van der Waals surface area (Å²) in [5, 5.41) is 10.8. The molecule has 2 N–H and O–H groups in total. The van der Waals surface area contributed by atoms with E-state index < -0.39 is 24.6 Å². The molecule has 0 saturated heterocycles. The van der Waals surface area contributed by atoms with Crippen molar-refractivity contribution in [2.24, 2.45) is 0 Å². The van der Waals surface area contributed by atoms with Gasteiger partial charge in [0.25, 0.3) is 5.91 Å². The number of carbonyl (C=O) groups excluding carboxylic acids is 1. The highest BCUT2D eigenvalue weighted by Crippen LogP contribution is 2.15. The summed E-state index contributed by atoms with van der Waals surface area (Å²) in [6, 6.07) is 3.59. The summed E-state index contributed by atoms with van der Waals surface area (Å²) in [7, 11) is 0. The average molecular weight is 351 g/mol. The van der Waals surface area contributed by atoms with Crippen LogP contribution in [0.25, 0.3) is 0 Å². The molecule has 0 fully saturated rings. The number of hydrogen-bond donors (Lipinski definition) is 2. The second-order valence-corrected chi connectivity index (χ2v) is 4.59. The summed E-state index contributed by atoms with van der Waals surface area (Å²) in [6.45, 7) is 0.617. The third kappa shape index (κ3) is 3.39. The highest BCUT2D eigenvalue weighted by Gasteiger charge is 2.21. The van der Waals surface area contributed by atoms with Gasteiger partial charge in [-0.1, -0.05) is 6.07 Å². The maximum Gasteiger partial charge on any atom is 0.328 e. The predicted octanol–water partition coefficient (Wildman–Crippen LogP) is 1.75. The number of nitrogens with one attached hydrogen (secondary N) is 1. The zero-order valence-electron chi connectivity index (χ0n) is 9.04. The number of hydrogen-bond acceptors (Lipinski definition) is 2. The molecule has 1 unspecified atom stereocenters. The van der Waals surface area contributed by atoms with Gasteiger partial charge in [-0.3, -0.25) is 4.79 Å². The molecule has 0 heterocycles. The minimum absolute atomic E-state index is 0.358. The lowest BCUT2D eigenvalue weighted by molar-refractivity contribution is -0.139. The SMILES string of the molecule is Cc1c(I)cccc1C(=O)NC(CF)C(=O)O. The van der Waals surface area contributed by atoms with Crippen molar-refractivity contribution < 1.29 is 19.1 Å². The predicted molar refractivity (Wildman–Crippen MR) is 68.8 cm³/mol. The van der Waals surface area contributed by atoms with Crippen LogP contribution in [0.3, 0.4) is 0 Å². The van der Waals surface area contributed by atoms with Crippen molar-refractivity contribution in [2.45, 2.75) is 13.0 Å². The highest BCUT2D eigenvalue weighted by molar-refractivity contribution is 14.1. The third-order valence-electron chi connectivity index (χ3n) is 2.27. The van der Waals surface area contributed by atoms with Crippen LogP contribution in [-0.4, -0.2) is 29.7 Å². The van der Waals surface area contributed by atoms with Gasteiger partial charge in [0.2, 0.25) is 0 Å². The number of amides is 1. The van der Waals surface area contributed by atoms with Crippen molar-refractivity contribution in [3.63, 3.8) is 0 Å². The third-order valence-corrected chi connectivity index (χ3v) is 3.44. The van der Waals surface area contributed by atoms with Crippen LogP contribution in [0.2, 0.25) is 0 Å². The molecule has 0 bridgehead atoms. The Hall–Kier alpha value is -1.18. The quantitative estimate of drug-likeness (QED) is 0.813. The fourth-order valence-corrected chi connectivity index (χ4v) is 1.75. The monoisotopic (exact) mass is 351 g/mol. The molecule has 4 nitrogen and oxygen atoms in total. The molecule has 0 aliphatic heterocycles. The first-order chi connectivity index (χ1) is 7.97. The fraction of sp³-hybridized carbons (Fsp3) is 0.273. The maximum absolute atomic E-state index is 12.4. The Balaban J connectivity index is 2.90. The zero-order valence-corrected chi connectivity index (χ0v) is 11.2. The molecule has 0 aliphatic carbocycles. The van der Waals surface area contributed by atoms with Crippen molar-refractivity contribution in [3.05, 3.63) is 32.9 Å². The summed E-state index contributed by atoms with van der Waals surface area (Å²) >= 11 is 2.07. The summed E-state index contributed by atoms with van der Waals surface area (Å²) in [6.07, 6.45) is 0. The molecule has 6 heteroatoms. The standard InChI is InChI=1S/C11H11FINO3/c1-6-7(3-2-4-8(6)13)10(15)14-9(5-12)11(16)17/h2-4,9H,5H2,1H3,(H,14,15)(H,16,17). The van der Waals surface area contributed by atoms with Crippen LogP contribution in [0.5, 0.6) is 0 Å². The second kappa shape index (κ2) is 5.95. The molecule has 0 aliphatic rings. The first kappa shape index (κ1) is 13.9. The Kier molecular flexibility index (Phi) is 4.86. The van der Waals surface area contributed by atoms with Crippen molar-refractivity contribution in [1.29, 1.82) is 0 Å². The number of carboxylic acids is 1. The van der Waals surface area contributed by atoms with Crippen molar-refractivity contribution in [2.75, 3.05) is 6.67 Å². The Morgan fingerprint density at radius 2 is 2.18 bits per heavy atom. The van der Waals surface area contributed by atoms with Gasteiger partial charge in [-0.25, -0.2) is 9.18 Å². The van der Waals surface area contributed by atoms with E-state index in [1.807, 2.05) is 6.07 Å². The second-order valence-electron chi connectivity index (χ2n) is 3.43. The number of alkyl halides is 1. The normalized spacial score (nSPS) is 11.9. The first-order valence-electron chi connectivity index (χ1n) is 4.82. The molecular formula is C11H11FINO3. The Bertz CT molecular complexity index is 450. The molecule has 1 aromatic carbocycles. The lowest BCUT2D eigenvalue weighted by Crippen LogP contribution is -2.42. The molecule has 1 atom stereocenters. The van der Waals surface area contributed by atoms with Gasteiger partial charge in [-0.05, 0) is 47.2 Å². The van der Waals surface area contributed by atoms with E-state index in [2.05, 4.69) is 27.9 Å². The molecule has 0 spiro atoms. The Morgan fingerprint density at radius 3 is 2.71 bits per heavy atom. The molecule has 1 aromatic rings. The van der Waals surface area contributed by atoms with E-state index in [-0.39, 0.29) is 0 Å². The van der Waals surface area contributed by atoms with E-state index >= 15 is 0 Å². The van der Waals surface area contributed by atoms with Gasteiger partial charge < -0.3 is 10.4 Å². The molecule has 0 radical (unpaired) electrons. The van der Waals surface area contributed by atoms with Gasteiger partial charge in [-0.2, -0.15) is 0 Å². The number of carbonyl (C=O) groups is 2. The highest BCUT2D eigenvalue weighted by atomic mass is 127. The van der Waals surface area contributed by atoms with Crippen LogP contribution >= 0.6 is 22.6 Å². The maximum atomic E-state index is 12.4. The van der Waals surface area contributed by atoms with Crippen LogP contribution < -0.4 is 5.32 Å². The molecule has 1 rings (SSSR count). The minimum Gasteiger partial charge on any atom is -0.480 e. The topological polar surface area (TPSA) is 66.4 Å². The summed E-state index contributed by atoms with van der Waals surface area (Å²) in [4.78, 5) is 22.3. The van der Waals surface area contributed by atoms with Gasteiger partial charge >= 0.3 is 5.97 Å². The molecule has 1 amide bonds. The lowest BCUT2D eigenvalue weighted by Gasteiger charge is -2.12. The fourth-order valence-electron chi connectivity index (χ4n) is 1.26. The van der Waals surface area contributed by atoms with Gasteiger partial charge in [-0.15, -0.1) is 0 Å². The average Bonchev–Trinajstić information content (AvgIpc) is 2.28. The van der Waals surface area contributed by atoms with Crippen LogP contribution in [0.15, 0.2) is 18.2 Å². The van der Waals surface area contributed by atoms with Crippen molar-refractivity contribution in [3.8, 4) is 0 Å². The van der Waals surface area contributed by atoms with Gasteiger partial charge in [0, 0.05) is 9.13 Å². The molecule has 0 saturated carbocycles. The zero-order chi connectivity index (χ0) is 13.0. The van der Waals surface area contributed by atoms with Gasteiger partial charge in [0.05, 0.1) is 0 Å². The number of benzene rings is 1. The number of aliphatic carboxylic acids is 1. The lowest BCUT2D eigenvalue weighted by atomic mass is 10.1. The Morgan fingerprint density at radius 1 is 1.53 bits per heavy atom. The molecule has 17 heavy (non-hydrogen) atoms. The van der Waals surface area contributed by atoms with Crippen LogP contribution in [0, 0.1) is 10.5 Å². The van der Waals surface area contributed by atoms with Gasteiger partial charge in [0.1, 0.15) is 6.67 Å². The number of carboxylic acid groups (broad SMARTS) is 1. The van der Waals surface area contributed by atoms with Crippen molar-refractivity contribution in [1.82, 2.24) is 5.32 Å². The van der Waals surface area contributed by atoms with E-state index in [9.17, 15) is 14.0 Å². The Labute approximate surface area is 111 Å². The van der Waals surface area contributed by atoms with Crippen LogP contribution in [0.1, 0.15) is 15.9 Å². The largest absolute Gasteiger partial charge is 0.480 e. The van der Waals surface area contributed by atoms with E-state index in [1.54, 1.807) is 19.1 Å².